The maximum absolute atomic E-state index is 13.8. The maximum Gasteiger partial charge on any atom is 0.360 e. The number of anilines is 1. The minimum atomic E-state index is -0.604. The van der Waals surface area contributed by atoms with E-state index in [1.807, 2.05) is 0 Å². The molecule has 0 amide bonds. The first-order valence-electron chi connectivity index (χ1n) is 9.40. The van der Waals surface area contributed by atoms with E-state index in [0.29, 0.717) is 34.9 Å². The first kappa shape index (κ1) is 20.2. The normalized spacial score (nSPS) is 11.1. The molecular weight excluding hydrogens is 409 g/mol. The number of pyridine rings is 1. The number of imidazole rings is 1. The molecule has 4 rings (SSSR count). The molecule has 0 saturated heterocycles. The Balaban J connectivity index is 1.84. The number of ether oxygens (including phenoxy) is 2. The smallest absolute Gasteiger partial charge is 0.360 e. The zero-order valence-electron chi connectivity index (χ0n) is 16.7. The second kappa shape index (κ2) is 8.34. The van der Waals surface area contributed by atoms with Crippen LogP contribution in [0, 0.1) is 5.82 Å². The predicted molar refractivity (Wildman–Crippen MR) is 106 cm³/mol. The van der Waals surface area contributed by atoms with Crippen LogP contribution in [0.2, 0.25) is 0 Å². The topological polar surface area (TPSA) is 144 Å². The third-order valence-corrected chi connectivity index (χ3v) is 4.20. The van der Waals surface area contributed by atoms with Crippen LogP contribution < -0.4 is 10.5 Å². The fraction of sp³-hybridized carbons (Fsp3) is 0.263. The van der Waals surface area contributed by atoms with Crippen molar-refractivity contribution in [3.05, 3.63) is 41.8 Å². The summed E-state index contributed by atoms with van der Waals surface area (Å²) in [6.07, 6.45) is 2.54. The largest absolute Gasteiger partial charge is 0.464 e. The molecule has 0 saturated carbocycles. The summed E-state index contributed by atoms with van der Waals surface area (Å²) in [5.41, 5.74) is 7.11. The summed E-state index contributed by atoms with van der Waals surface area (Å²) in [5, 5.41) is 3.74. The molecule has 0 fully saturated rings. The number of nitrogens with zero attached hydrogens (tertiary/aromatic N) is 6. The number of aromatic nitrogens is 6. The number of esters is 1. The number of hydrogen-bond acceptors (Lipinski definition) is 10. The number of rotatable bonds is 7. The molecule has 0 aliphatic carbocycles. The van der Waals surface area contributed by atoms with Gasteiger partial charge < -0.3 is 24.3 Å². The second-order valence-corrected chi connectivity index (χ2v) is 6.31. The van der Waals surface area contributed by atoms with Crippen molar-refractivity contribution in [3.8, 4) is 17.4 Å². The van der Waals surface area contributed by atoms with Gasteiger partial charge in [-0.2, -0.15) is 9.97 Å². The molecule has 0 bridgehead atoms. The number of hydrogen-bond donors (Lipinski definition) is 1. The van der Waals surface area contributed by atoms with Gasteiger partial charge >= 0.3 is 12.0 Å². The van der Waals surface area contributed by atoms with Gasteiger partial charge in [-0.25, -0.2) is 14.2 Å². The van der Waals surface area contributed by atoms with Gasteiger partial charge in [-0.15, -0.1) is 0 Å². The Hall–Kier alpha value is -4.09. The lowest BCUT2D eigenvalue weighted by Gasteiger charge is -2.07. The molecule has 31 heavy (non-hydrogen) atoms. The summed E-state index contributed by atoms with van der Waals surface area (Å²) in [5.74, 6) is -0.390. The standard InChI is InChI=1S/C19H18FN7O4/c1-3-29-18(28)13-6-12(31-26-13)9-27-16(10-5-11(20)8-22-7-10)23-14-15(21)24-19(30-4-2)25-17(14)27/h5-8H,3-4,9H2,1-2H3,(H2,21,24,25). The van der Waals surface area contributed by atoms with E-state index in [1.54, 1.807) is 18.4 Å². The summed E-state index contributed by atoms with van der Waals surface area (Å²) in [6, 6.07) is 2.80. The highest BCUT2D eigenvalue weighted by molar-refractivity contribution is 5.87. The molecule has 0 atom stereocenters. The van der Waals surface area contributed by atoms with E-state index < -0.39 is 11.8 Å². The van der Waals surface area contributed by atoms with E-state index in [4.69, 9.17) is 19.7 Å². The quantitative estimate of drug-likeness (QED) is 0.436. The molecule has 4 aromatic rings. The number of carbonyl (C=O) groups is 1. The van der Waals surface area contributed by atoms with Crippen molar-refractivity contribution < 1.29 is 23.2 Å². The van der Waals surface area contributed by atoms with Gasteiger partial charge in [0, 0.05) is 17.8 Å². The predicted octanol–water partition coefficient (Wildman–Crippen LogP) is 2.22. The van der Waals surface area contributed by atoms with Crippen LogP contribution >= 0.6 is 0 Å². The zero-order valence-corrected chi connectivity index (χ0v) is 16.7. The van der Waals surface area contributed by atoms with Gasteiger partial charge in [0.15, 0.2) is 28.4 Å². The first-order valence-corrected chi connectivity index (χ1v) is 9.40. The maximum atomic E-state index is 13.8. The summed E-state index contributed by atoms with van der Waals surface area (Å²) >= 11 is 0. The Bertz CT molecular complexity index is 1250. The number of nitrogen functional groups attached to an aromatic ring is 1. The molecule has 0 spiro atoms. The summed E-state index contributed by atoms with van der Waals surface area (Å²) < 4.78 is 31.0. The molecule has 0 aliphatic heterocycles. The lowest BCUT2D eigenvalue weighted by molar-refractivity contribution is 0.0514. The summed E-state index contributed by atoms with van der Waals surface area (Å²) in [6.45, 7) is 4.09. The van der Waals surface area contributed by atoms with Crippen LogP contribution in [0.5, 0.6) is 6.01 Å². The lowest BCUT2D eigenvalue weighted by atomic mass is 10.2. The Morgan fingerprint density at radius 1 is 1.19 bits per heavy atom. The number of halogens is 1. The Morgan fingerprint density at radius 3 is 2.77 bits per heavy atom. The van der Waals surface area contributed by atoms with Crippen molar-refractivity contribution in [2.24, 2.45) is 0 Å². The highest BCUT2D eigenvalue weighted by Gasteiger charge is 2.21. The van der Waals surface area contributed by atoms with Crippen molar-refractivity contribution in [1.29, 1.82) is 0 Å². The van der Waals surface area contributed by atoms with E-state index in [2.05, 4.69) is 25.1 Å². The van der Waals surface area contributed by atoms with E-state index in [1.165, 1.54) is 18.3 Å². The molecule has 11 nitrogen and oxygen atoms in total. The van der Waals surface area contributed by atoms with Gasteiger partial charge in [0.05, 0.1) is 26.0 Å². The van der Waals surface area contributed by atoms with Crippen molar-refractivity contribution in [2.45, 2.75) is 20.4 Å². The van der Waals surface area contributed by atoms with Gasteiger partial charge in [0.2, 0.25) is 0 Å². The van der Waals surface area contributed by atoms with Crippen LogP contribution in [0.3, 0.4) is 0 Å². The van der Waals surface area contributed by atoms with Crippen LogP contribution in [0.15, 0.2) is 29.0 Å². The molecule has 160 valence electrons. The molecule has 2 N–H and O–H groups in total. The molecule has 0 aliphatic rings. The van der Waals surface area contributed by atoms with Crippen LogP contribution in [-0.4, -0.2) is 48.8 Å². The molecule has 0 unspecified atom stereocenters. The van der Waals surface area contributed by atoms with E-state index >= 15 is 0 Å². The number of carbonyl (C=O) groups excluding carboxylic acids is 1. The minimum absolute atomic E-state index is 0.0272. The van der Waals surface area contributed by atoms with Crippen LogP contribution in [0.4, 0.5) is 10.2 Å². The fourth-order valence-corrected chi connectivity index (χ4v) is 2.94. The second-order valence-electron chi connectivity index (χ2n) is 6.31. The van der Waals surface area contributed by atoms with Crippen LogP contribution in [0.1, 0.15) is 30.1 Å². The molecular formula is C19H18FN7O4. The third kappa shape index (κ3) is 3.99. The van der Waals surface area contributed by atoms with Crippen molar-refractivity contribution in [3.63, 3.8) is 0 Å². The Kier molecular flexibility index (Phi) is 5.43. The monoisotopic (exact) mass is 427 g/mol. The van der Waals surface area contributed by atoms with E-state index in [9.17, 15) is 9.18 Å². The lowest BCUT2D eigenvalue weighted by Crippen LogP contribution is -2.06. The Labute approximate surface area is 175 Å². The zero-order chi connectivity index (χ0) is 22.0. The van der Waals surface area contributed by atoms with Gasteiger partial charge in [-0.1, -0.05) is 5.16 Å². The number of nitrogens with two attached hydrogens (primary N) is 1. The van der Waals surface area contributed by atoms with Gasteiger partial charge in [0.1, 0.15) is 11.6 Å². The third-order valence-electron chi connectivity index (χ3n) is 4.20. The van der Waals surface area contributed by atoms with Crippen molar-refractivity contribution in [1.82, 2.24) is 29.7 Å². The van der Waals surface area contributed by atoms with Gasteiger partial charge in [-0.3, -0.25) is 4.98 Å². The highest BCUT2D eigenvalue weighted by atomic mass is 19.1. The van der Waals surface area contributed by atoms with Crippen LogP contribution in [-0.2, 0) is 11.3 Å². The minimum Gasteiger partial charge on any atom is -0.464 e. The SMILES string of the molecule is CCOC(=O)c1cc(Cn2c(-c3cncc(F)c3)nc3c(N)nc(OCC)nc32)on1. The van der Waals surface area contributed by atoms with Crippen molar-refractivity contribution in [2.75, 3.05) is 18.9 Å². The van der Waals surface area contributed by atoms with Gasteiger partial charge in [-0.05, 0) is 19.9 Å². The Morgan fingerprint density at radius 2 is 2.03 bits per heavy atom. The van der Waals surface area contributed by atoms with Crippen molar-refractivity contribution >= 4 is 23.0 Å². The van der Waals surface area contributed by atoms with Crippen LogP contribution in [0.25, 0.3) is 22.6 Å². The number of fused-ring (bicyclic) bond motifs is 1. The highest BCUT2D eigenvalue weighted by Crippen LogP contribution is 2.28. The summed E-state index contributed by atoms with van der Waals surface area (Å²) in [7, 11) is 0. The van der Waals surface area contributed by atoms with E-state index in [-0.39, 0.29) is 30.7 Å². The molecule has 12 heteroatoms. The molecule has 0 aromatic carbocycles. The van der Waals surface area contributed by atoms with Gasteiger partial charge in [0.25, 0.3) is 0 Å². The average Bonchev–Trinajstić information content (AvgIpc) is 3.35. The summed E-state index contributed by atoms with van der Waals surface area (Å²) in [4.78, 5) is 28.7. The molecule has 0 radical (unpaired) electrons. The average molecular weight is 427 g/mol. The first-order chi connectivity index (χ1) is 15.0. The molecule has 4 aromatic heterocycles. The fourth-order valence-electron chi connectivity index (χ4n) is 2.94. The molecule has 4 heterocycles. The van der Waals surface area contributed by atoms with E-state index in [0.717, 1.165) is 6.20 Å².